The van der Waals surface area contributed by atoms with E-state index in [2.05, 4.69) is 20.3 Å². The minimum Gasteiger partial charge on any atom is -0.352 e. The minimum absolute atomic E-state index is 0.165. The summed E-state index contributed by atoms with van der Waals surface area (Å²) < 4.78 is 54.8. The maximum Gasteiger partial charge on any atom is 0.254 e. The summed E-state index contributed by atoms with van der Waals surface area (Å²) in [5.41, 5.74) is 2.73. The maximum atomic E-state index is 14.4. The molecule has 6 nitrogen and oxygen atoms in total. The number of rotatable bonds is 7. The van der Waals surface area contributed by atoms with Crippen molar-refractivity contribution >= 4 is 17.2 Å². The van der Waals surface area contributed by atoms with E-state index in [-0.39, 0.29) is 49.9 Å². The van der Waals surface area contributed by atoms with E-state index in [1.54, 1.807) is 5.51 Å². The number of aryl methyl sites for hydroxylation is 1. The zero-order chi connectivity index (χ0) is 24.3. The molecule has 1 fully saturated rings. The van der Waals surface area contributed by atoms with Gasteiger partial charge >= 0.3 is 0 Å². The van der Waals surface area contributed by atoms with E-state index in [1.807, 2.05) is 11.8 Å². The summed E-state index contributed by atoms with van der Waals surface area (Å²) in [7, 11) is 0. The summed E-state index contributed by atoms with van der Waals surface area (Å²) in [6.07, 6.45) is 2.02. The number of amides is 1. The van der Waals surface area contributed by atoms with Crippen LogP contribution in [0.25, 0.3) is 11.4 Å². The van der Waals surface area contributed by atoms with E-state index >= 15 is 0 Å². The van der Waals surface area contributed by atoms with E-state index in [1.165, 1.54) is 23.5 Å². The molecule has 3 heterocycles. The third kappa shape index (κ3) is 5.58. The highest BCUT2D eigenvalue weighted by Gasteiger charge is 2.37. The highest BCUT2D eigenvalue weighted by Crippen LogP contribution is 2.36. The van der Waals surface area contributed by atoms with Gasteiger partial charge in [0.15, 0.2) is 11.6 Å². The van der Waals surface area contributed by atoms with Gasteiger partial charge in [-0.05, 0) is 31.5 Å². The number of halogens is 4. The third-order valence-corrected chi connectivity index (χ3v) is 6.88. The molecule has 11 heteroatoms. The number of carbonyl (C=O) groups excluding carboxylic acids is 1. The lowest BCUT2D eigenvalue weighted by Gasteiger charge is -2.37. The number of likely N-dealkylation sites (tertiary alicyclic amines) is 1. The molecule has 1 aliphatic rings. The van der Waals surface area contributed by atoms with Crippen LogP contribution in [0.4, 0.5) is 17.6 Å². The van der Waals surface area contributed by atoms with Crippen molar-refractivity contribution < 1.29 is 22.4 Å². The highest BCUT2D eigenvalue weighted by molar-refractivity contribution is 7.09. The molecular weight excluding hydrogens is 470 g/mol. The Balaban J connectivity index is 1.44. The van der Waals surface area contributed by atoms with Gasteiger partial charge in [-0.15, -0.1) is 11.3 Å². The Hall–Kier alpha value is -2.92. The molecule has 4 rings (SSSR count). The molecule has 1 aliphatic heterocycles. The first-order valence-electron chi connectivity index (χ1n) is 10.8. The zero-order valence-corrected chi connectivity index (χ0v) is 19.2. The normalized spacial score (nSPS) is 16.9. The standard InChI is InChI=1S/C23H23F4N5OS/c1-14-20(34-13-31-14)19(32-8-5-23(26,27)6-9-32)4-7-28-22(33)17-10-15(2-3-18(17)25)21-29-11-16(24)12-30-21/h2-3,10-13,19H,4-9H2,1H3,(H,28,33). The largest absolute Gasteiger partial charge is 0.352 e. The number of nitrogens with one attached hydrogen (secondary N) is 1. The Bertz CT molecular complexity index is 1140. The van der Waals surface area contributed by atoms with E-state index in [4.69, 9.17) is 0 Å². The second-order valence-electron chi connectivity index (χ2n) is 8.17. The van der Waals surface area contributed by atoms with Gasteiger partial charge in [-0.25, -0.2) is 32.5 Å². The maximum absolute atomic E-state index is 14.4. The topological polar surface area (TPSA) is 71.0 Å². The quantitative estimate of drug-likeness (QED) is 0.480. The van der Waals surface area contributed by atoms with Crippen molar-refractivity contribution in [2.24, 2.45) is 0 Å². The second kappa shape index (κ2) is 10.1. The monoisotopic (exact) mass is 493 g/mol. The fraction of sp³-hybridized carbons (Fsp3) is 0.391. The molecule has 1 atom stereocenters. The molecule has 1 N–H and O–H groups in total. The van der Waals surface area contributed by atoms with Crippen molar-refractivity contribution in [3.63, 3.8) is 0 Å². The van der Waals surface area contributed by atoms with E-state index in [0.29, 0.717) is 12.0 Å². The number of hydrogen-bond donors (Lipinski definition) is 1. The Morgan fingerprint density at radius 1 is 1.18 bits per heavy atom. The molecule has 0 radical (unpaired) electrons. The minimum atomic E-state index is -2.66. The number of piperidine rings is 1. The Labute approximate surface area is 198 Å². The predicted molar refractivity (Wildman–Crippen MR) is 120 cm³/mol. The summed E-state index contributed by atoms with van der Waals surface area (Å²) in [5.74, 6) is -4.43. The van der Waals surface area contributed by atoms with Crippen molar-refractivity contribution in [1.82, 2.24) is 25.2 Å². The smallest absolute Gasteiger partial charge is 0.254 e. The lowest BCUT2D eigenvalue weighted by Crippen LogP contribution is -2.42. The Morgan fingerprint density at radius 2 is 1.88 bits per heavy atom. The first-order chi connectivity index (χ1) is 16.2. The zero-order valence-electron chi connectivity index (χ0n) is 18.4. The SMILES string of the molecule is Cc1ncsc1C(CCNC(=O)c1cc(-c2ncc(F)cn2)ccc1F)N1CCC(F)(F)CC1. The molecule has 0 saturated carbocycles. The number of carbonyl (C=O) groups is 1. The van der Waals surface area contributed by atoms with Crippen molar-refractivity contribution in [2.45, 2.75) is 38.2 Å². The lowest BCUT2D eigenvalue weighted by molar-refractivity contribution is -0.0637. The van der Waals surface area contributed by atoms with Crippen LogP contribution in [0.1, 0.15) is 46.2 Å². The molecule has 3 aromatic rings. The highest BCUT2D eigenvalue weighted by atomic mass is 32.1. The van der Waals surface area contributed by atoms with Crippen LogP contribution in [-0.2, 0) is 0 Å². The van der Waals surface area contributed by atoms with Gasteiger partial charge in [-0.2, -0.15) is 0 Å². The predicted octanol–water partition coefficient (Wildman–Crippen LogP) is 4.78. The number of alkyl halides is 2. The fourth-order valence-corrected chi connectivity index (χ4v) is 4.96. The summed E-state index contributed by atoms with van der Waals surface area (Å²) in [6, 6.07) is 3.69. The van der Waals surface area contributed by atoms with Crippen molar-refractivity contribution in [1.29, 1.82) is 0 Å². The van der Waals surface area contributed by atoms with Gasteiger partial charge in [-0.3, -0.25) is 9.69 Å². The van der Waals surface area contributed by atoms with Crippen LogP contribution >= 0.6 is 11.3 Å². The van der Waals surface area contributed by atoms with Crippen LogP contribution in [0, 0.1) is 18.6 Å². The van der Waals surface area contributed by atoms with Crippen LogP contribution in [0.15, 0.2) is 36.1 Å². The number of nitrogens with zero attached hydrogens (tertiary/aromatic N) is 4. The van der Waals surface area contributed by atoms with Crippen molar-refractivity contribution in [3.05, 3.63) is 63.9 Å². The molecule has 0 aliphatic carbocycles. The first-order valence-corrected chi connectivity index (χ1v) is 11.7. The molecule has 34 heavy (non-hydrogen) atoms. The van der Waals surface area contributed by atoms with Gasteiger partial charge < -0.3 is 5.32 Å². The van der Waals surface area contributed by atoms with Crippen LogP contribution in [-0.4, -0.2) is 51.3 Å². The molecule has 1 amide bonds. The van der Waals surface area contributed by atoms with Gasteiger partial charge in [0.2, 0.25) is 0 Å². The van der Waals surface area contributed by atoms with Crippen LogP contribution in [0.5, 0.6) is 0 Å². The third-order valence-electron chi connectivity index (χ3n) is 5.85. The van der Waals surface area contributed by atoms with E-state index in [9.17, 15) is 22.4 Å². The van der Waals surface area contributed by atoms with Crippen LogP contribution in [0.3, 0.4) is 0 Å². The number of benzene rings is 1. The van der Waals surface area contributed by atoms with Crippen LogP contribution < -0.4 is 5.32 Å². The summed E-state index contributed by atoms with van der Waals surface area (Å²) in [6.45, 7) is 2.58. The fourth-order valence-electron chi connectivity index (χ4n) is 3.99. The van der Waals surface area contributed by atoms with Gasteiger partial charge in [0.05, 0.1) is 29.2 Å². The molecule has 0 spiro atoms. The van der Waals surface area contributed by atoms with Gasteiger partial charge in [0, 0.05) is 49.0 Å². The van der Waals surface area contributed by atoms with Gasteiger partial charge in [-0.1, -0.05) is 0 Å². The van der Waals surface area contributed by atoms with E-state index in [0.717, 1.165) is 29.0 Å². The number of aromatic nitrogens is 3. The first kappa shape index (κ1) is 24.2. The summed E-state index contributed by atoms with van der Waals surface area (Å²) in [5, 5.41) is 2.72. The van der Waals surface area contributed by atoms with Crippen LogP contribution in [0.2, 0.25) is 0 Å². The molecule has 1 unspecified atom stereocenters. The van der Waals surface area contributed by atoms with Crippen molar-refractivity contribution in [3.8, 4) is 11.4 Å². The molecule has 1 aromatic carbocycles. The number of hydrogen-bond acceptors (Lipinski definition) is 6. The Kier molecular flexibility index (Phi) is 7.22. The second-order valence-corrected chi connectivity index (χ2v) is 9.06. The number of thiazole rings is 1. The average molecular weight is 494 g/mol. The molecule has 1 saturated heterocycles. The van der Waals surface area contributed by atoms with Crippen molar-refractivity contribution in [2.75, 3.05) is 19.6 Å². The van der Waals surface area contributed by atoms with Gasteiger partial charge in [0.25, 0.3) is 11.8 Å². The summed E-state index contributed by atoms with van der Waals surface area (Å²) >= 11 is 1.46. The summed E-state index contributed by atoms with van der Waals surface area (Å²) in [4.78, 5) is 27.7. The lowest BCUT2D eigenvalue weighted by atomic mass is 10.0. The van der Waals surface area contributed by atoms with E-state index < -0.39 is 23.5 Å². The Morgan fingerprint density at radius 3 is 2.53 bits per heavy atom. The molecule has 2 aromatic heterocycles. The average Bonchev–Trinajstić information content (AvgIpc) is 3.23. The van der Waals surface area contributed by atoms with Gasteiger partial charge in [0.1, 0.15) is 5.82 Å². The molecule has 180 valence electrons. The molecular formula is C23H23F4N5OS. The molecule has 0 bridgehead atoms.